The molecule has 1 amide bonds. The van der Waals surface area contributed by atoms with Gasteiger partial charge in [-0.25, -0.2) is 0 Å². The Morgan fingerprint density at radius 2 is 1.74 bits per heavy atom. The highest BCUT2D eigenvalue weighted by atomic mass is 16.6. The number of aliphatic hydroxyl groups is 1. The minimum Gasteiger partial charge on any atom is -0.460 e. The van der Waals surface area contributed by atoms with Crippen LogP contribution in [0.5, 0.6) is 0 Å². The number of piperidine rings is 1. The van der Waals surface area contributed by atoms with Crippen molar-refractivity contribution >= 4 is 11.9 Å². The number of rotatable bonds is 3. The molecule has 0 bridgehead atoms. The van der Waals surface area contributed by atoms with Gasteiger partial charge in [-0.05, 0) is 40.5 Å². The van der Waals surface area contributed by atoms with E-state index in [1.165, 1.54) is 0 Å². The van der Waals surface area contributed by atoms with Gasteiger partial charge in [-0.1, -0.05) is 0 Å². The third-order valence-corrected chi connectivity index (χ3v) is 3.16. The van der Waals surface area contributed by atoms with Crippen molar-refractivity contribution in [3.05, 3.63) is 0 Å². The molecule has 1 aliphatic rings. The van der Waals surface area contributed by atoms with Crippen LogP contribution in [0.4, 0.5) is 0 Å². The fraction of sp³-hybridized carbons (Fsp3) is 0.857. The van der Waals surface area contributed by atoms with E-state index in [1.807, 2.05) is 0 Å². The molecule has 0 saturated carbocycles. The van der Waals surface area contributed by atoms with Crippen LogP contribution in [-0.4, -0.2) is 46.2 Å². The van der Waals surface area contributed by atoms with Crippen molar-refractivity contribution in [3.8, 4) is 0 Å². The standard InChI is InChI=1S/C14H25NO4/c1-13(2,3)19-12(17)6-5-11(16)15-9-7-14(4,18)8-10-15/h18H,5-10H2,1-4H3. The van der Waals surface area contributed by atoms with Gasteiger partial charge in [0.15, 0.2) is 0 Å². The Labute approximate surface area is 114 Å². The maximum absolute atomic E-state index is 11.9. The molecule has 1 N–H and O–H groups in total. The summed E-state index contributed by atoms with van der Waals surface area (Å²) in [6.07, 6.45) is 1.47. The topological polar surface area (TPSA) is 66.8 Å². The predicted octanol–water partition coefficient (Wildman–Crippen LogP) is 1.48. The van der Waals surface area contributed by atoms with Gasteiger partial charge in [0.25, 0.3) is 0 Å². The summed E-state index contributed by atoms with van der Waals surface area (Å²) in [4.78, 5) is 25.1. The molecule has 0 atom stereocenters. The van der Waals surface area contributed by atoms with Gasteiger partial charge in [0.1, 0.15) is 5.60 Å². The summed E-state index contributed by atoms with van der Waals surface area (Å²) in [5, 5.41) is 9.81. The maximum Gasteiger partial charge on any atom is 0.306 e. The van der Waals surface area contributed by atoms with Gasteiger partial charge < -0.3 is 14.7 Å². The van der Waals surface area contributed by atoms with Crippen LogP contribution < -0.4 is 0 Å². The lowest BCUT2D eigenvalue weighted by Gasteiger charge is -2.35. The maximum atomic E-state index is 11.9. The van der Waals surface area contributed by atoms with Crippen LogP contribution in [-0.2, 0) is 14.3 Å². The van der Waals surface area contributed by atoms with Crippen LogP contribution >= 0.6 is 0 Å². The molecule has 0 aromatic carbocycles. The van der Waals surface area contributed by atoms with Crippen LogP contribution in [0, 0.1) is 0 Å². The Balaban J connectivity index is 2.31. The molecule has 1 saturated heterocycles. The normalized spacial score (nSPS) is 19.1. The van der Waals surface area contributed by atoms with E-state index < -0.39 is 11.2 Å². The average Bonchev–Trinajstić information content (AvgIpc) is 2.23. The number of carbonyl (C=O) groups excluding carboxylic acids is 2. The third-order valence-electron chi connectivity index (χ3n) is 3.16. The van der Waals surface area contributed by atoms with Gasteiger partial charge in [0, 0.05) is 19.5 Å². The molecule has 19 heavy (non-hydrogen) atoms. The first-order chi connectivity index (χ1) is 8.59. The Morgan fingerprint density at radius 1 is 1.21 bits per heavy atom. The molecule has 0 aliphatic carbocycles. The van der Waals surface area contributed by atoms with Crippen molar-refractivity contribution in [2.24, 2.45) is 0 Å². The molecular weight excluding hydrogens is 246 g/mol. The third kappa shape index (κ3) is 6.05. The molecule has 0 radical (unpaired) electrons. The van der Waals surface area contributed by atoms with E-state index >= 15 is 0 Å². The number of ether oxygens (including phenoxy) is 1. The minimum absolute atomic E-state index is 0.0404. The number of nitrogens with zero attached hydrogens (tertiary/aromatic N) is 1. The Hall–Kier alpha value is -1.10. The fourth-order valence-electron chi connectivity index (χ4n) is 2.00. The van der Waals surface area contributed by atoms with Crippen molar-refractivity contribution in [2.75, 3.05) is 13.1 Å². The van der Waals surface area contributed by atoms with Crippen molar-refractivity contribution in [2.45, 2.75) is 64.6 Å². The zero-order valence-electron chi connectivity index (χ0n) is 12.4. The highest BCUT2D eigenvalue weighted by Gasteiger charge is 2.29. The highest BCUT2D eigenvalue weighted by molar-refractivity contribution is 5.81. The monoisotopic (exact) mass is 271 g/mol. The molecule has 1 heterocycles. The molecular formula is C14H25NO4. The number of hydrogen-bond acceptors (Lipinski definition) is 4. The van der Waals surface area contributed by atoms with E-state index in [-0.39, 0.29) is 24.7 Å². The van der Waals surface area contributed by atoms with E-state index in [0.717, 1.165) is 0 Å². The Kier molecular flexibility index (Phi) is 4.96. The van der Waals surface area contributed by atoms with Gasteiger partial charge in [0.05, 0.1) is 12.0 Å². The first kappa shape index (κ1) is 16.0. The van der Waals surface area contributed by atoms with Gasteiger partial charge in [-0.3, -0.25) is 9.59 Å². The summed E-state index contributed by atoms with van der Waals surface area (Å²) < 4.78 is 5.16. The van der Waals surface area contributed by atoms with Crippen LogP contribution in [0.3, 0.4) is 0 Å². The number of hydrogen-bond donors (Lipinski definition) is 1. The first-order valence-corrected chi connectivity index (χ1v) is 6.81. The van der Waals surface area contributed by atoms with Gasteiger partial charge >= 0.3 is 5.97 Å². The molecule has 110 valence electrons. The molecule has 1 rings (SSSR count). The second kappa shape index (κ2) is 5.90. The highest BCUT2D eigenvalue weighted by Crippen LogP contribution is 2.21. The van der Waals surface area contributed by atoms with E-state index in [9.17, 15) is 14.7 Å². The van der Waals surface area contributed by atoms with Crippen molar-refractivity contribution in [1.29, 1.82) is 0 Å². The zero-order chi connectivity index (χ0) is 14.7. The number of carbonyl (C=O) groups is 2. The van der Waals surface area contributed by atoms with Crippen LogP contribution in [0.2, 0.25) is 0 Å². The van der Waals surface area contributed by atoms with Gasteiger partial charge in [0.2, 0.25) is 5.91 Å². The molecule has 1 aliphatic heterocycles. The lowest BCUT2D eigenvalue weighted by molar-refractivity contribution is -0.156. The predicted molar refractivity (Wildman–Crippen MR) is 71.5 cm³/mol. The first-order valence-electron chi connectivity index (χ1n) is 6.81. The molecule has 0 spiro atoms. The SMILES string of the molecule is CC1(O)CCN(C(=O)CCC(=O)OC(C)(C)C)CC1. The summed E-state index contributed by atoms with van der Waals surface area (Å²) in [5.41, 5.74) is -1.17. The summed E-state index contributed by atoms with van der Waals surface area (Å²) in [7, 11) is 0. The van der Waals surface area contributed by atoms with Crippen LogP contribution in [0.15, 0.2) is 0 Å². The Bertz CT molecular complexity index is 334. The second-order valence-corrected chi connectivity index (χ2v) is 6.46. The summed E-state index contributed by atoms with van der Waals surface area (Å²) in [5.74, 6) is -0.383. The Morgan fingerprint density at radius 3 is 2.21 bits per heavy atom. The van der Waals surface area contributed by atoms with Crippen molar-refractivity contribution in [3.63, 3.8) is 0 Å². The molecule has 1 fully saturated rings. The average molecular weight is 271 g/mol. The molecule has 0 unspecified atom stereocenters. The number of esters is 1. The zero-order valence-corrected chi connectivity index (χ0v) is 12.4. The number of amides is 1. The summed E-state index contributed by atoms with van der Waals surface area (Å²) in [6, 6.07) is 0. The van der Waals surface area contributed by atoms with Crippen LogP contribution in [0.1, 0.15) is 53.4 Å². The van der Waals surface area contributed by atoms with E-state index in [2.05, 4.69) is 0 Å². The smallest absolute Gasteiger partial charge is 0.306 e. The van der Waals surface area contributed by atoms with Gasteiger partial charge in [-0.15, -0.1) is 0 Å². The van der Waals surface area contributed by atoms with E-state index in [0.29, 0.717) is 25.9 Å². The molecule has 5 heteroatoms. The van der Waals surface area contributed by atoms with Crippen molar-refractivity contribution < 1.29 is 19.4 Å². The van der Waals surface area contributed by atoms with Gasteiger partial charge in [-0.2, -0.15) is 0 Å². The van der Waals surface area contributed by atoms with Crippen LogP contribution in [0.25, 0.3) is 0 Å². The molecule has 0 aromatic rings. The summed E-state index contributed by atoms with van der Waals surface area (Å²) in [6.45, 7) is 8.31. The molecule has 0 aromatic heterocycles. The molecule has 5 nitrogen and oxygen atoms in total. The quantitative estimate of drug-likeness (QED) is 0.790. The lowest BCUT2D eigenvalue weighted by atomic mass is 9.93. The van der Waals surface area contributed by atoms with E-state index in [4.69, 9.17) is 4.74 Å². The minimum atomic E-state index is -0.665. The second-order valence-electron chi connectivity index (χ2n) is 6.46. The largest absolute Gasteiger partial charge is 0.460 e. The lowest BCUT2D eigenvalue weighted by Crippen LogP contribution is -2.45. The number of likely N-dealkylation sites (tertiary alicyclic amines) is 1. The van der Waals surface area contributed by atoms with E-state index in [1.54, 1.807) is 32.6 Å². The van der Waals surface area contributed by atoms with Crippen molar-refractivity contribution in [1.82, 2.24) is 4.90 Å². The summed E-state index contributed by atoms with van der Waals surface area (Å²) >= 11 is 0. The fourth-order valence-corrected chi connectivity index (χ4v) is 2.00.